The zero-order valence-corrected chi connectivity index (χ0v) is 12.9. The third kappa shape index (κ3) is 8.99. The molecule has 0 unspecified atom stereocenters. The highest BCUT2D eigenvalue weighted by Crippen LogP contribution is 2.15. The van der Waals surface area contributed by atoms with Crippen LogP contribution < -0.4 is 4.74 Å². The first-order valence-corrected chi connectivity index (χ1v) is 7.15. The molecule has 0 radical (unpaired) electrons. The van der Waals surface area contributed by atoms with Gasteiger partial charge in [-0.15, -0.1) is 0 Å². The summed E-state index contributed by atoms with van der Waals surface area (Å²) in [6.45, 7) is 3.83. The molecule has 5 heteroatoms. The molecule has 0 spiro atoms. The van der Waals surface area contributed by atoms with Gasteiger partial charge < -0.3 is 18.9 Å². The summed E-state index contributed by atoms with van der Waals surface area (Å²) in [7, 11) is 1.66. The predicted molar refractivity (Wildman–Crippen MR) is 77.8 cm³/mol. The first kappa shape index (κ1) is 16.4. The maximum absolute atomic E-state index is 5.53. The van der Waals surface area contributed by atoms with Crippen molar-refractivity contribution in [2.45, 2.75) is 6.42 Å². The van der Waals surface area contributed by atoms with Crippen LogP contribution in [0.2, 0.25) is 0 Å². The van der Waals surface area contributed by atoms with Crippen LogP contribution in [0.15, 0.2) is 28.7 Å². The van der Waals surface area contributed by atoms with Gasteiger partial charge in [-0.2, -0.15) is 0 Å². The van der Waals surface area contributed by atoms with Crippen molar-refractivity contribution in [2.24, 2.45) is 0 Å². The molecule has 1 rings (SSSR count). The Hall–Kier alpha value is -0.620. The van der Waals surface area contributed by atoms with Gasteiger partial charge in [0.25, 0.3) is 0 Å². The van der Waals surface area contributed by atoms with E-state index in [1.165, 1.54) is 0 Å². The molecule has 1 aromatic carbocycles. The van der Waals surface area contributed by atoms with Crippen LogP contribution in [0.4, 0.5) is 0 Å². The van der Waals surface area contributed by atoms with Crippen molar-refractivity contribution in [3.8, 4) is 5.75 Å². The summed E-state index contributed by atoms with van der Waals surface area (Å²) < 4.78 is 22.2. The van der Waals surface area contributed by atoms with Crippen LogP contribution in [0.25, 0.3) is 0 Å². The Balaban J connectivity index is 1.87. The first-order chi connectivity index (χ1) is 9.33. The summed E-state index contributed by atoms with van der Waals surface area (Å²) in [5.41, 5.74) is 0. The summed E-state index contributed by atoms with van der Waals surface area (Å²) in [6, 6.07) is 7.75. The molecule has 0 N–H and O–H groups in total. The highest BCUT2D eigenvalue weighted by molar-refractivity contribution is 9.10. The number of hydrogen-bond acceptors (Lipinski definition) is 4. The van der Waals surface area contributed by atoms with Crippen LogP contribution in [0.3, 0.4) is 0 Å². The second-order valence-corrected chi connectivity index (χ2v) is 4.79. The van der Waals surface area contributed by atoms with E-state index in [0.717, 1.165) is 16.6 Å². The van der Waals surface area contributed by atoms with Gasteiger partial charge in [0.1, 0.15) is 12.4 Å². The monoisotopic (exact) mass is 332 g/mol. The van der Waals surface area contributed by atoms with Gasteiger partial charge in [0.15, 0.2) is 0 Å². The van der Waals surface area contributed by atoms with Crippen LogP contribution in [0.1, 0.15) is 6.42 Å². The van der Waals surface area contributed by atoms with Crippen molar-refractivity contribution < 1.29 is 18.9 Å². The Morgan fingerprint density at radius 2 is 1.47 bits per heavy atom. The minimum atomic E-state index is 0.562. The maximum atomic E-state index is 5.53. The van der Waals surface area contributed by atoms with Crippen LogP contribution in [0.5, 0.6) is 5.75 Å². The smallest absolute Gasteiger partial charge is 0.119 e. The molecule has 0 aliphatic heterocycles. The van der Waals surface area contributed by atoms with Crippen LogP contribution in [-0.4, -0.2) is 46.8 Å². The first-order valence-electron chi connectivity index (χ1n) is 6.35. The van der Waals surface area contributed by atoms with Crippen molar-refractivity contribution >= 4 is 15.9 Å². The van der Waals surface area contributed by atoms with E-state index in [2.05, 4.69) is 15.9 Å². The SMILES string of the molecule is COCCOCCCOCCOc1ccc(Br)cc1. The van der Waals surface area contributed by atoms with Gasteiger partial charge in [0.2, 0.25) is 0 Å². The van der Waals surface area contributed by atoms with Crippen LogP contribution >= 0.6 is 15.9 Å². The largest absolute Gasteiger partial charge is 0.491 e. The highest BCUT2D eigenvalue weighted by Gasteiger charge is 1.94. The zero-order valence-electron chi connectivity index (χ0n) is 11.3. The molecule has 0 saturated carbocycles. The molecule has 0 bridgehead atoms. The number of methoxy groups -OCH3 is 1. The van der Waals surface area contributed by atoms with Crippen LogP contribution in [-0.2, 0) is 14.2 Å². The fourth-order valence-corrected chi connectivity index (χ4v) is 1.62. The summed E-state index contributed by atoms with van der Waals surface area (Å²) in [6.07, 6.45) is 0.891. The molecule has 0 aliphatic rings. The molecular weight excluding hydrogens is 312 g/mol. The minimum absolute atomic E-state index is 0.562. The molecular formula is C14H21BrO4. The molecule has 4 nitrogen and oxygen atoms in total. The molecule has 0 fully saturated rings. The van der Waals surface area contributed by atoms with Gasteiger partial charge in [-0.25, -0.2) is 0 Å². The number of rotatable bonds is 11. The number of ether oxygens (including phenoxy) is 4. The molecule has 19 heavy (non-hydrogen) atoms. The van der Waals surface area contributed by atoms with E-state index >= 15 is 0 Å². The quantitative estimate of drug-likeness (QED) is 0.584. The molecule has 0 heterocycles. The highest BCUT2D eigenvalue weighted by atomic mass is 79.9. The van der Waals surface area contributed by atoms with Crippen LogP contribution in [0, 0.1) is 0 Å². The molecule has 0 amide bonds. The molecule has 0 aliphatic carbocycles. The van der Waals surface area contributed by atoms with E-state index in [9.17, 15) is 0 Å². The van der Waals surface area contributed by atoms with E-state index in [1.807, 2.05) is 24.3 Å². The predicted octanol–water partition coefficient (Wildman–Crippen LogP) is 2.90. The molecule has 1 aromatic rings. The molecule has 0 saturated heterocycles. The average molecular weight is 333 g/mol. The number of benzene rings is 1. The van der Waals surface area contributed by atoms with E-state index in [1.54, 1.807) is 7.11 Å². The summed E-state index contributed by atoms with van der Waals surface area (Å²) in [5, 5.41) is 0. The Bertz CT molecular complexity index is 316. The molecule has 108 valence electrons. The average Bonchev–Trinajstić information content (AvgIpc) is 2.43. The third-order valence-electron chi connectivity index (χ3n) is 2.32. The lowest BCUT2D eigenvalue weighted by atomic mass is 10.3. The Labute approximate surface area is 123 Å². The fourth-order valence-electron chi connectivity index (χ4n) is 1.36. The Morgan fingerprint density at radius 1 is 0.842 bits per heavy atom. The summed E-state index contributed by atoms with van der Waals surface area (Å²) >= 11 is 3.38. The topological polar surface area (TPSA) is 36.9 Å². The summed E-state index contributed by atoms with van der Waals surface area (Å²) in [4.78, 5) is 0. The Morgan fingerprint density at radius 3 is 2.11 bits per heavy atom. The van der Waals surface area contributed by atoms with Crippen molar-refractivity contribution in [2.75, 3.05) is 46.8 Å². The van der Waals surface area contributed by atoms with Crippen molar-refractivity contribution in [1.82, 2.24) is 0 Å². The van der Waals surface area contributed by atoms with Crippen molar-refractivity contribution in [3.05, 3.63) is 28.7 Å². The minimum Gasteiger partial charge on any atom is -0.491 e. The Kier molecular flexibility index (Phi) is 9.71. The van der Waals surface area contributed by atoms with Gasteiger partial charge >= 0.3 is 0 Å². The lowest BCUT2D eigenvalue weighted by Crippen LogP contribution is -2.09. The van der Waals surface area contributed by atoms with Crippen molar-refractivity contribution in [3.63, 3.8) is 0 Å². The normalized spacial score (nSPS) is 10.6. The third-order valence-corrected chi connectivity index (χ3v) is 2.85. The van der Waals surface area contributed by atoms with Gasteiger partial charge in [-0.1, -0.05) is 15.9 Å². The number of halogens is 1. The van der Waals surface area contributed by atoms with Gasteiger partial charge in [-0.3, -0.25) is 0 Å². The zero-order chi connectivity index (χ0) is 13.8. The standard InChI is InChI=1S/C14H21BrO4/c1-16-9-10-17-7-2-8-18-11-12-19-14-5-3-13(15)4-6-14/h3-6H,2,7-12H2,1H3. The number of hydrogen-bond donors (Lipinski definition) is 0. The van der Waals surface area contributed by atoms with E-state index in [0.29, 0.717) is 39.6 Å². The lowest BCUT2D eigenvalue weighted by molar-refractivity contribution is 0.0459. The summed E-state index contributed by atoms with van der Waals surface area (Å²) in [5.74, 6) is 0.856. The fraction of sp³-hybridized carbons (Fsp3) is 0.571. The second-order valence-electron chi connectivity index (χ2n) is 3.87. The van der Waals surface area contributed by atoms with Gasteiger partial charge in [0, 0.05) is 24.8 Å². The van der Waals surface area contributed by atoms with Crippen molar-refractivity contribution in [1.29, 1.82) is 0 Å². The lowest BCUT2D eigenvalue weighted by Gasteiger charge is -2.07. The second kappa shape index (κ2) is 11.2. The van der Waals surface area contributed by atoms with Gasteiger partial charge in [0.05, 0.1) is 19.8 Å². The molecule has 0 aromatic heterocycles. The van der Waals surface area contributed by atoms with E-state index in [-0.39, 0.29) is 0 Å². The van der Waals surface area contributed by atoms with Gasteiger partial charge in [-0.05, 0) is 30.7 Å². The maximum Gasteiger partial charge on any atom is 0.119 e. The molecule has 0 atom stereocenters. The van der Waals surface area contributed by atoms with E-state index < -0.39 is 0 Å². The van der Waals surface area contributed by atoms with E-state index in [4.69, 9.17) is 18.9 Å².